The third kappa shape index (κ3) is 5.82. The van der Waals surface area contributed by atoms with Crippen molar-refractivity contribution in [2.45, 2.75) is 11.4 Å². The lowest BCUT2D eigenvalue weighted by Crippen LogP contribution is -2.43. The van der Waals surface area contributed by atoms with Gasteiger partial charge in [-0.3, -0.25) is 19.1 Å². The Labute approximate surface area is 194 Å². The van der Waals surface area contributed by atoms with Gasteiger partial charge >= 0.3 is 5.69 Å². The number of hydrogen-bond acceptors (Lipinski definition) is 6. The van der Waals surface area contributed by atoms with Crippen LogP contribution in [0.1, 0.15) is 5.56 Å². The molecule has 1 amide bonds. The van der Waals surface area contributed by atoms with E-state index in [1.54, 1.807) is 24.3 Å². The van der Waals surface area contributed by atoms with Crippen LogP contribution in [0.4, 0.5) is 11.5 Å². The maximum absolute atomic E-state index is 13.1. The van der Waals surface area contributed by atoms with Gasteiger partial charge in [0.25, 0.3) is 5.56 Å². The van der Waals surface area contributed by atoms with Crippen LogP contribution >= 0.6 is 23.4 Å². The second-order valence-electron chi connectivity index (χ2n) is 6.85. The van der Waals surface area contributed by atoms with Crippen LogP contribution in [0, 0.1) is 0 Å². The molecule has 1 heterocycles. The number of nitrogens with zero attached hydrogens (tertiary/aromatic N) is 2. The summed E-state index contributed by atoms with van der Waals surface area (Å²) in [4.78, 5) is 42.6. The first-order valence-corrected chi connectivity index (χ1v) is 11.1. The topological polar surface area (TPSA) is 110 Å². The van der Waals surface area contributed by atoms with Gasteiger partial charge in [-0.05, 0) is 29.8 Å². The number of amides is 1. The Balaban J connectivity index is 1.92. The number of aromatic amines is 1. The lowest BCUT2D eigenvalue weighted by molar-refractivity contribution is -0.116. The summed E-state index contributed by atoms with van der Waals surface area (Å²) in [5.74, 6) is -0.366. The van der Waals surface area contributed by atoms with Crippen molar-refractivity contribution in [2.24, 2.45) is 0 Å². The molecule has 0 atom stereocenters. The minimum Gasteiger partial charge on any atom is -0.383 e. The molecule has 32 heavy (non-hydrogen) atoms. The van der Waals surface area contributed by atoms with Crippen LogP contribution in [-0.2, 0) is 16.1 Å². The smallest absolute Gasteiger partial charge is 0.330 e. The fourth-order valence-corrected chi connectivity index (χ4v) is 3.96. The van der Waals surface area contributed by atoms with E-state index in [0.717, 1.165) is 10.5 Å². The quantitative estimate of drug-likeness (QED) is 0.461. The van der Waals surface area contributed by atoms with E-state index in [9.17, 15) is 14.4 Å². The molecule has 2 aromatic carbocycles. The minimum atomic E-state index is -0.724. The van der Waals surface area contributed by atoms with E-state index in [4.69, 9.17) is 22.1 Å². The van der Waals surface area contributed by atoms with Crippen molar-refractivity contribution in [1.29, 1.82) is 0 Å². The van der Waals surface area contributed by atoms with Crippen molar-refractivity contribution in [3.8, 4) is 0 Å². The molecule has 0 bridgehead atoms. The number of H-pyrrole nitrogens is 1. The van der Waals surface area contributed by atoms with E-state index in [2.05, 4.69) is 4.98 Å². The number of nitrogen functional groups attached to an aromatic ring is 1. The molecule has 0 aliphatic carbocycles. The number of methoxy groups -OCH3 is 1. The van der Waals surface area contributed by atoms with E-state index in [0.29, 0.717) is 5.02 Å². The van der Waals surface area contributed by atoms with Crippen LogP contribution < -0.4 is 21.9 Å². The van der Waals surface area contributed by atoms with E-state index in [1.807, 2.05) is 30.3 Å². The van der Waals surface area contributed by atoms with E-state index in [1.165, 1.54) is 28.3 Å². The van der Waals surface area contributed by atoms with Crippen LogP contribution in [0.2, 0.25) is 5.02 Å². The number of thioether (sulfide) groups is 1. The van der Waals surface area contributed by atoms with Crippen molar-refractivity contribution in [1.82, 2.24) is 9.55 Å². The number of ether oxygens (including phenoxy) is 1. The highest BCUT2D eigenvalue weighted by Gasteiger charge is 2.24. The third-order valence-electron chi connectivity index (χ3n) is 4.66. The lowest BCUT2D eigenvalue weighted by Gasteiger charge is -2.24. The van der Waals surface area contributed by atoms with Crippen molar-refractivity contribution in [3.63, 3.8) is 0 Å². The molecule has 0 saturated carbocycles. The summed E-state index contributed by atoms with van der Waals surface area (Å²) >= 11 is 7.21. The van der Waals surface area contributed by atoms with Gasteiger partial charge in [-0.25, -0.2) is 4.79 Å². The Morgan fingerprint density at radius 3 is 2.50 bits per heavy atom. The Bertz CT molecular complexity index is 1180. The molecule has 0 fully saturated rings. The summed E-state index contributed by atoms with van der Waals surface area (Å²) in [6.45, 7) is 0.447. The summed E-state index contributed by atoms with van der Waals surface area (Å²) in [5, 5.41) is 0.599. The third-order valence-corrected chi connectivity index (χ3v) is 5.91. The highest BCUT2D eigenvalue weighted by atomic mass is 35.5. The molecule has 0 aliphatic heterocycles. The standard InChI is InChI=1S/C22H23ClN4O4S/c1-31-12-11-26(18(28)14-32-17-9-7-16(23)8-10-17)19-20(24)27(22(30)25-21(19)29)13-15-5-3-2-4-6-15/h2-10H,11-14,24H2,1H3,(H,25,29,30). The van der Waals surface area contributed by atoms with Crippen LogP contribution in [0.25, 0.3) is 0 Å². The Hall–Kier alpha value is -3.01. The molecule has 0 saturated heterocycles. The summed E-state index contributed by atoms with van der Waals surface area (Å²) < 4.78 is 6.35. The predicted octanol–water partition coefficient (Wildman–Crippen LogP) is 2.59. The molecule has 8 nitrogen and oxygen atoms in total. The molecule has 0 unspecified atom stereocenters. The first-order valence-electron chi connectivity index (χ1n) is 9.75. The molecule has 1 aromatic heterocycles. The van der Waals surface area contributed by atoms with E-state index in [-0.39, 0.29) is 42.9 Å². The fourth-order valence-electron chi connectivity index (χ4n) is 3.06. The fraction of sp³-hybridized carbons (Fsp3) is 0.227. The van der Waals surface area contributed by atoms with E-state index < -0.39 is 11.2 Å². The number of hydrogen-bond donors (Lipinski definition) is 2. The van der Waals surface area contributed by atoms with Crippen LogP contribution in [0.5, 0.6) is 0 Å². The van der Waals surface area contributed by atoms with Crippen LogP contribution in [0.15, 0.2) is 69.1 Å². The van der Waals surface area contributed by atoms with Crippen LogP contribution in [0.3, 0.4) is 0 Å². The second kappa shape index (κ2) is 11.0. The van der Waals surface area contributed by atoms with Crippen LogP contribution in [-0.4, -0.2) is 41.5 Å². The van der Waals surface area contributed by atoms with Gasteiger partial charge in [0.1, 0.15) is 5.82 Å². The monoisotopic (exact) mass is 474 g/mol. The maximum Gasteiger partial charge on any atom is 0.330 e. The Kier molecular flexibility index (Phi) is 8.15. The minimum absolute atomic E-state index is 0.0576. The first-order chi connectivity index (χ1) is 15.4. The molecule has 168 valence electrons. The number of carbonyl (C=O) groups is 1. The summed E-state index contributed by atoms with van der Waals surface area (Å²) in [6, 6.07) is 16.3. The molecular weight excluding hydrogens is 452 g/mol. The number of halogens is 1. The number of benzene rings is 2. The molecule has 3 rings (SSSR count). The van der Waals surface area contributed by atoms with Gasteiger partial charge in [0, 0.05) is 23.6 Å². The highest BCUT2D eigenvalue weighted by molar-refractivity contribution is 8.00. The second-order valence-corrected chi connectivity index (χ2v) is 8.33. The number of nitrogens with one attached hydrogen (secondary N) is 1. The molecule has 10 heteroatoms. The van der Waals surface area contributed by atoms with Crippen molar-refractivity contribution in [2.75, 3.05) is 36.6 Å². The summed E-state index contributed by atoms with van der Waals surface area (Å²) in [5.41, 5.74) is 5.64. The van der Waals surface area contributed by atoms with Gasteiger partial charge in [0.2, 0.25) is 5.91 Å². The molecule has 3 aromatic rings. The zero-order chi connectivity index (χ0) is 23.1. The van der Waals surface area contributed by atoms with Crippen molar-refractivity contribution >= 4 is 40.8 Å². The Morgan fingerprint density at radius 1 is 1.16 bits per heavy atom. The molecular formula is C22H23ClN4O4S. The molecule has 0 spiro atoms. The van der Waals surface area contributed by atoms with Crippen molar-refractivity contribution in [3.05, 3.63) is 86.0 Å². The average Bonchev–Trinajstić information content (AvgIpc) is 2.79. The number of carbonyl (C=O) groups excluding carboxylic acids is 1. The highest BCUT2D eigenvalue weighted by Crippen LogP contribution is 2.23. The molecule has 0 radical (unpaired) electrons. The van der Waals surface area contributed by atoms with Gasteiger partial charge in [0.05, 0.1) is 18.9 Å². The normalized spacial score (nSPS) is 10.8. The predicted molar refractivity (Wildman–Crippen MR) is 128 cm³/mol. The van der Waals surface area contributed by atoms with E-state index >= 15 is 0 Å². The summed E-state index contributed by atoms with van der Waals surface area (Å²) in [6.07, 6.45) is 0. The SMILES string of the molecule is COCCN(C(=O)CSc1ccc(Cl)cc1)c1c(N)n(Cc2ccccc2)c(=O)[nH]c1=O. The summed E-state index contributed by atoms with van der Waals surface area (Å²) in [7, 11) is 1.50. The first kappa shape index (κ1) is 23.6. The van der Waals surface area contributed by atoms with Crippen molar-refractivity contribution < 1.29 is 9.53 Å². The van der Waals surface area contributed by atoms with Gasteiger partial charge < -0.3 is 15.4 Å². The Morgan fingerprint density at radius 2 is 1.84 bits per heavy atom. The maximum atomic E-state index is 13.1. The number of nitrogens with two attached hydrogens (primary N) is 1. The molecule has 0 aliphatic rings. The van der Waals surface area contributed by atoms with Gasteiger partial charge in [0.15, 0.2) is 5.69 Å². The zero-order valence-electron chi connectivity index (χ0n) is 17.4. The van der Waals surface area contributed by atoms with Gasteiger partial charge in [-0.2, -0.15) is 0 Å². The van der Waals surface area contributed by atoms with Gasteiger partial charge in [-0.15, -0.1) is 11.8 Å². The number of anilines is 2. The number of aromatic nitrogens is 2. The zero-order valence-corrected chi connectivity index (χ0v) is 19.0. The van der Waals surface area contributed by atoms with Gasteiger partial charge in [-0.1, -0.05) is 41.9 Å². The number of rotatable bonds is 9. The largest absolute Gasteiger partial charge is 0.383 e. The lowest BCUT2D eigenvalue weighted by atomic mass is 10.2. The molecule has 3 N–H and O–H groups in total. The average molecular weight is 475 g/mol.